The van der Waals surface area contributed by atoms with Crippen molar-refractivity contribution in [3.05, 3.63) is 55.9 Å². The van der Waals surface area contributed by atoms with Gasteiger partial charge in [0, 0.05) is 12.1 Å². The van der Waals surface area contributed by atoms with E-state index in [0.29, 0.717) is 0 Å². The van der Waals surface area contributed by atoms with Crippen molar-refractivity contribution in [2.24, 2.45) is 0 Å². The van der Waals surface area contributed by atoms with Gasteiger partial charge < -0.3 is 10.1 Å². The molecule has 0 unspecified atom stereocenters. The highest BCUT2D eigenvalue weighted by atomic mass is 35.5. The second kappa shape index (κ2) is 7.21. The molecule has 9 heteroatoms. The van der Waals surface area contributed by atoms with Crippen LogP contribution in [0.15, 0.2) is 29.6 Å². The van der Waals surface area contributed by atoms with Gasteiger partial charge in [0.25, 0.3) is 11.6 Å². The van der Waals surface area contributed by atoms with E-state index in [1.807, 2.05) is 0 Å². The minimum Gasteiger partial charge on any atom is -0.462 e. The number of rotatable bonds is 5. The fourth-order valence-corrected chi connectivity index (χ4v) is 2.72. The third-order valence-corrected chi connectivity index (χ3v) is 3.95. The zero-order valence-electron chi connectivity index (χ0n) is 11.9. The largest absolute Gasteiger partial charge is 0.462 e. The normalized spacial score (nSPS) is 10.2. The Hall–Kier alpha value is -2.45. The summed E-state index contributed by atoms with van der Waals surface area (Å²) in [5.41, 5.74) is -0.0906. The second-order valence-electron chi connectivity index (χ2n) is 4.26. The monoisotopic (exact) mass is 354 g/mol. The summed E-state index contributed by atoms with van der Waals surface area (Å²) >= 11 is 7.05. The van der Waals surface area contributed by atoms with Crippen LogP contribution in [0.2, 0.25) is 5.02 Å². The Morgan fingerprint density at radius 1 is 1.35 bits per heavy atom. The van der Waals surface area contributed by atoms with E-state index in [0.717, 1.165) is 17.4 Å². The molecule has 1 aromatic heterocycles. The molecule has 23 heavy (non-hydrogen) atoms. The Kier molecular flexibility index (Phi) is 5.30. The van der Waals surface area contributed by atoms with E-state index in [1.54, 1.807) is 12.3 Å². The molecule has 120 valence electrons. The molecule has 1 N–H and O–H groups in total. The van der Waals surface area contributed by atoms with Crippen LogP contribution in [0.25, 0.3) is 0 Å². The van der Waals surface area contributed by atoms with Gasteiger partial charge in [0.15, 0.2) is 0 Å². The molecule has 0 radical (unpaired) electrons. The van der Waals surface area contributed by atoms with E-state index >= 15 is 0 Å². The van der Waals surface area contributed by atoms with E-state index in [2.05, 4.69) is 5.32 Å². The quantitative estimate of drug-likeness (QED) is 0.501. The number of nitrogens with zero attached hydrogens (tertiary/aromatic N) is 1. The first kappa shape index (κ1) is 16.9. The summed E-state index contributed by atoms with van der Waals surface area (Å²) in [4.78, 5) is 34.2. The Morgan fingerprint density at radius 2 is 2.09 bits per heavy atom. The van der Waals surface area contributed by atoms with Crippen LogP contribution in [-0.4, -0.2) is 23.4 Å². The number of ether oxygens (including phenoxy) is 1. The highest BCUT2D eigenvalue weighted by Crippen LogP contribution is 2.27. The number of non-ortho nitro benzene ring substituents is 1. The molecular formula is C14H11ClN2O5S. The number of amides is 1. The number of esters is 1. The molecule has 1 aromatic carbocycles. The van der Waals surface area contributed by atoms with Gasteiger partial charge >= 0.3 is 5.97 Å². The molecule has 0 spiro atoms. The summed E-state index contributed by atoms with van der Waals surface area (Å²) < 4.78 is 4.89. The van der Waals surface area contributed by atoms with Crippen molar-refractivity contribution in [3.63, 3.8) is 0 Å². The predicted molar refractivity (Wildman–Crippen MR) is 86.3 cm³/mol. The fourth-order valence-electron chi connectivity index (χ4n) is 1.75. The number of nitro groups is 1. The lowest BCUT2D eigenvalue weighted by Crippen LogP contribution is -2.15. The predicted octanol–water partition coefficient (Wildman–Crippen LogP) is 3.74. The van der Waals surface area contributed by atoms with Crippen LogP contribution in [-0.2, 0) is 4.74 Å². The lowest BCUT2D eigenvalue weighted by Gasteiger charge is -2.07. The van der Waals surface area contributed by atoms with Crippen molar-refractivity contribution < 1.29 is 19.2 Å². The van der Waals surface area contributed by atoms with Crippen LogP contribution in [0.4, 0.5) is 10.7 Å². The molecule has 0 bridgehead atoms. The van der Waals surface area contributed by atoms with Crippen molar-refractivity contribution in [1.82, 2.24) is 0 Å². The third kappa shape index (κ3) is 3.85. The van der Waals surface area contributed by atoms with Gasteiger partial charge in [-0.15, -0.1) is 11.3 Å². The van der Waals surface area contributed by atoms with Crippen LogP contribution in [0.3, 0.4) is 0 Å². The van der Waals surface area contributed by atoms with Crippen molar-refractivity contribution >= 4 is 45.5 Å². The highest BCUT2D eigenvalue weighted by molar-refractivity contribution is 7.14. The molecule has 0 aliphatic heterocycles. The third-order valence-electron chi connectivity index (χ3n) is 2.79. The minimum atomic E-state index is -0.647. The van der Waals surface area contributed by atoms with Gasteiger partial charge in [-0.2, -0.15) is 0 Å². The van der Waals surface area contributed by atoms with Gasteiger partial charge in [-0.05, 0) is 24.4 Å². The van der Waals surface area contributed by atoms with Crippen LogP contribution in [0, 0.1) is 10.1 Å². The van der Waals surface area contributed by atoms with E-state index in [-0.39, 0.29) is 33.4 Å². The van der Waals surface area contributed by atoms with Crippen molar-refractivity contribution in [1.29, 1.82) is 0 Å². The molecule has 0 fully saturated rings. The molecule has 0 aliphatic carbocycles. The van der Waals surface area contributed by atoms with E-state index in [4.69, 9.17) is 16.3 Å². The van der Waals surface area contributed by atoms with Crippen molar-refractivity contribution in [2.45, 2.75) is 6.92 Å². The average Bonchev–Trinajstić information content (AvgIpc) is 2.95. The summed E-state index contributed by atoms with van der Waals surface area (Å²) in [6.45, 7) is 1.88. The molecule has 1 heterocycles. The van der Waals surface area contributed by atoms with E-state index in [9.17, 15) is 19.7 Å². The van der Waals surface area contributed by atoms with Gasteiger partial charge in [-0.25, -0.2) is 4.79 Å². The topological polar surface area (TPSA) is 98.5 Å². The molecule has 0 saturated heterocycles. The van der Waals surface area contributed by atoms with Gasteiger partial charge in [-0.3, -0.25) is 14.9 Å². The number of hydrogen-bond donors (Lipinski definition) is 1. The molecule has 0 atom stereocenters. The average molecular weight is 355 g/mol. The summed E-state index contributed by atoms with van der Waals surface area (Å²) in [5.74, 6) is -1.21. The van der Waals surface area contributed by atoms with Gasteiger partial charge in [0.05, 0.1) is 27.7 Å². The number of anilines is 1. The molecule has 2 rings (SSSR count). The number of benzene rings is 1. The first-order valence-corrected chi connectivity index (χ1v) is 7.69. The number of hydrogen-bond acceptors (Lipinski definition) is 6. The highest BCUT2D eigenvalue weighted by Gasteiger charge is 2.20. The maximum absolute atomic E-state index is 12.3. The molecule has 1 amide bonds. The lowest BCUT2D eigenvalue weighted by atomic mass is 10.2. The van der Waals surface area contributed by atoms with Gasteiger partial charge in [-0.1, -0.05) is 11.6 Å². The van der Waals surface area contributed by atoms with E-state index in [1.165, 1.54) is 18.2 Å². The van der Waals surface area contributed by atoms with Crippen molar-refractivity contribution in [2.75, 3.05) is 11.9 Å². The number of nitro benzene ring substituents is 1. The summed E-state index contributed by atoms with van der Waals surface area (Å²) in [6, 6.07) is 5.08. The van der Waals surface area contributed by atoms with Crippen LogP contribution in [0.5, 0.6) is 0 Å². The Bertz CT molecular complexity index is 774. The first-order chi connectivity index (χ1) is 10.9. The standard InChI is InChI=1S/C14H11ClN2O5S/c1-2-22-14(19)9-5-6-23-13(9)16-12(18)10-7-8(17(20)21)3-4-11(10)15/h3-7H,2H2,1H3,(H,16,18). The summed E-state index contributed by atoms with van der Waals surface area (Å²) in [6.07, 6.45) is 0. The number of nitrogens with one attached hydrogen (secondary N) is 1. The molecule has 2 aromatic rings. The SMILES string of the molecule is CCOC(=O)c1ccsc1NC(=O)c1cc([N+](=O)[O-])ccc1Cl. The molecule has 0 saturated carbocycles. The van der Waals surface area contributed by atoms with Crippen LogP contribution in [0.1, 0.15) is 27.6 Å². The van der Waals surface area contributed by atoms with Gasteiger partial charge in [0.2, 0.25) is 0 Å². The number of thiophene rings is 1. The number of carbonyl (C=O) groups excluding carboxylic acids is 2. The maximum Gasteiger partial charge on any atom is 0.341 e. The zero-order valence-corrected chi connectivity index (χ0v) is 13.4. The van der Waals surface area contributed by atoms with Crippen LogP contribution >= 0.6 is 22.9 Å². The molecule has 7 nitrogen and oxygen atoms in total. The molecular weight excluding hydrogens is 344 g/mol. The lowest BCUT2D eigenvalue weighted by molar-refractivity contribution is -0.384. The smallest absolute Gasteiger partial charge is 0.341 e. The minimum absolute atomic E-state index is 0.0518. The second-order valence-corrected chi connectivity index (χ2v) is 5.58. The summed E-state index contributed by atoms with van der Waals surface area (Å²) in [7, 11) is 0. The fraction of sp³-hybridized carbons (Fsp3) is 0.143. The van der Waals surface area contributed by atoms with Gasteiger partial charge in [0.1, 0.15) is 5.00 Å². The van der Waals surface area contributed by atoms with Crippen LogP contribution < -0.4 is 5.32 Å². The Balaban J connectivity index is 2.27. The van der Waals surface area contributed by atoms with E-state index < -0.39 is 16.8 Å². The Morgan fingerprint density at radius 3 is 2.74 bits per heavy atom. The molecule has 0 aliphatic rings. The first-order valence-electron chi connectivity index (χ1n) is 6.44. The summed E-state index contributed by atoms with van der Waals surface area (Å²) in [5, 5.41) is 15.3. The number of halogens is 1. The zero-order chi connectivity index (χ0) is 17.0. The van der Waals surface area contributed by atoms with Crippen molar-refractivity contribution in [3.8, 4) is 0 Å². The maximum atomic E-state index is 12.3. The Labute approximate surface area is 140 Å². The number of carbonyl (C=O) groups is 2.